The van der Waals surface area contributed by atoms with Gasteiger partial charge in [0.25, 0.3) is 0 Å². The molecule has 0 saturated carbocycles. The smallest absolute Gasteiger partial charge is 0.0897 e. The molecule has 0 aliphatic carbocycles. The van der Waals surface area contributed by atoms with Gasteiger partial charge in [0.05, 0.1) is 35.7 Å². The molecular weight excluding hydrogens is 260 g/mol. The fraction of sp³-hybridized carbons (Fsp3) is 0.700. The highest BCUT2D eigenvalue weighted by Crippen LogP contribution is 2.20. The molecule has 0 radical (unpaired) electrons. The molecule has 5 heteroatoms. The number of hydrogen-bond donors (Lipinski definition) is 0. The van der Waals surface area contributed by atoms with Gasteiger partial charge in [-0.2, -0.15) is 5.10 Å². The van der Waals surface area contributed by atoms with Crippen molar-refractivity contribution in [2.24, 2.45) is 7.05 Å². The van der Waals surface area contributed by atoms with E-state index in [0.29, 0.717) is 19.8 Å². The van der Waals surface area contributed by atoms with Crippen LogP contribution in [0.4, 0.5) is 0 Å². The van der Waals surface area contributed by atoms with Gasteiger partial charge in [-0.25, -0.2) is 0 Å². The van der Waals surface area contributed by atoms with Crippen molar-refractivity contribution in [2.75, 3.05) is 19.8 Å². The molecule has 15 heavy (non-hydrogen) atoms. The van der Waals surface area contributed by atoms with Crippen LogP contribution < -0.4 is 0 Å². The zero-order valence-electron chi connectivity index (χ0n) is 9.42. The third kappa shape index (κ3) is 3.59. The van der Waals surface area contributed by atoms with Crippen molar-refractivity contribution in [3.8, 4) is 0 Å². The lowest BCUT2D eigenvalue weighted by Gasteiger charge is -2.05. The van der Waals surface area contributed by atoms with E-state index in [1.807, 2.05) is 25.6 Å². The highest BCUT2D eigenvalue weighted by Gasteiger charge is 2.09. The zero-order valence-corrected chi connectivity index (χ0v) is 11.0. The summed E-state index contributed by atoms with van der Waals surface area (Å²) in [6.07, 6.45) is 0. The van der Waals surface area contributed by atoms with Gasteiger partial charge in [0, 0.05) is 13.7 Å². The molecule has 0 amide bonds. The van der Waals surface area contributed by atoms with E-state index in [9.17, 15) is 0 Å². The molecule has 0 aliphatic heterocycles. The Balaban J connectivity index is 2.37. The Bertz CT molecular complexity index is 313. The summed E-state index contributed by atoms with van der Waals surface area (Å²) in [5.41, 5.74) is 2.05. The Morgan fingerprint density at radius 3 is 2.53 bits per heavy atom. The summed E-state index contributed by atoms with van der Waals surface area (Å²) >= 11 is 3.49. The van der Waals surface area contributed by atoms with Crippen LogP contribution in [0.25, 0.3) is 0 Å². The molecule has 0 N–H and O–H groups in total. The minimum absolute atomic E-state index is 0.561. The summed E-state index contributed by atoms with van der Waals surface area (Å²) in [6.45, 7) is 6.49. The van der Waals surface area contributed by atoms with Crippen molar-refractivity contribution in [3.05, 3.63) is 15.9 Å². The number of hydrogen-bond acceptors (Lipinski definition) is 3. The van der Waals surface area contributed by atoms with E-state index >= 15 is 0 Å². The lowest BCUT2D eigenvalue weighted by molar-refractivity contribution is 0.0428. The van der Waals surface area contributed by atoms with Crippen LogP contribution in [0.5, 0.6) is 0 Å². The van der Waals surface area contributed by atoms with E-state index in [2.05, 4.69) is 21.0 Å². The molecule has 0 fully saturated rings. The molecule has 4 nitrogen and oxygen atoms in total. The quantitative estimate of drug-likeness (QED) is 0.747. The first kappa shape index (κ1) is 12.7. The van der Waals surface area contributed by atoms with Gasteiger partial charge >= 0.3 is 0 Å². The minimum atomic E-state index is 0.561. The van der Waals surface area contributed by atoms with Gasteiger partial charge in [0.15, 0.2) is 0 Å². The number of nitrogens with zero attached hydrogens (tertiary/aromatic N) is 2. The highest BCUT2D eigenvalue weighted by molar-refractivity contribution is 9.10. The summed E-state index contributed by atoms with van der Waals surface area (Å²) in [5, 5.41) is 4.28. The summed E-state index contributed by atoms with van der Waals surface area (Å²) in [7, 11) is 1.92. The average molecular weight is 277 g/mol. The Hall–Kier alpha value is -0.390. The average Bonchev–Trinajstić information content (AvgIpc) is 2.44. The van der Waals surface area contributed by atoms with Crippen LogP contribution >= 0.6 is 15.9 Å². The minimum Gasteiger partial charge on any atom is -0.379 e. The molecule has 1 aromatic rings. The van der Waals surface area contributed by atoms with Gasteiger partial charge in [-0.1, -0.05) is 0 Å². The summed E-state index contributed by atoms with van der Waals surface area (Å²) in [6, 6.07) is 0. The lowest BCUT2D eigenvalue weighted by Crippen LogP contribution is -2.06. The number of aromatic nitrogens is 2. The van der Waals surface area contributed by atoms with Crippen LogP contribution in [0.1, 0.15) is 18.3 Å². The maximum absolute atomic E-state index is 5.48. The fourth-order valence-corrected chi connectivity index (χ4v) is 1.72. The molecule has 0 atom stereocenters. The Kier molecular flexibility index (Phi) is 5.28. The zero-order chi connectivity index (χ0) is 11.3. The van der Waals surface area contributed by atoms with Crippen molar-refractivity contribution in [1.29, 1.82) is 0 Å². The second kappa shape index (κ2) is 6.25. The van der Waals surface area contributed by atoms with E-state index in [4.69, 9.17) is 9.47 Å². The molecule has 0 spiro atoms. The fourth-order valence-electron chi connectivity index (χ4n) is 1.27. The van der Waals surface area contributed by atoms with E-state index in [1.165, 1.54) is 0 Å². The molecule has 1 heterocycles. The van der Waals surface area contributed by atoms with Crippen LogP contribution in [-0.4, -0.2) is 29.6 Å². The molecule has 1 aromatic heterocycles. The Morgan fingerprint density at radius 1 is 1.33 bits per heavy atom. The lowest BCUT2D eigenvalue weighted by atomic mass is 10.4. The Morgan fingerprint density at radius 2 is 2.00 bits per heavy atom. The molecule has 0 aromatic carbocycles. The molecule has 0 aliphatic rings. The predicted octanol–water partition coefficient (Wildman–Crippen LogP) is 2.04. The van der Waals surface area contributed by atoms with Gasteiger partial charge in [0.1, 0.15) is 0 Å². The van der Waals surface area contributed by atoms with Crippen molar-refractivity contribution < 1.29 is 9.47 Å². The summed E-state index contributed by atoms with van der Waals surface area (Å²) in [4.78, 5) is 0. The third-order valence-corrected chi connectivity index (χ3v) is 3.11. The topological polar surface area (TPSA) is 36.3 Å². The van der Waals surface area contributed by atoms with Crippen molar-refractivity contribution >= 4 is 15.9 Å². The summed E-state index contributed by atoms with van der Waals surface area (Å²) in [5.74, 6) is 0. The first-order valence-electron chi connectivity index (χ1n) is 5.00. The predicted molar refractivity (Wildman–Crippen MR) is 61.8 cm³/mol. The maximum atomic E-state index is 5.48. The van der Waals surface area contributed by atoms with Gasteiger partial charge in [-0.15, -0.1) is 0 Å². The molecule has 0 saturated heterocycles. The number of halogens is 1. The van der Waals surface area contributed by atoms with E-state index in [0.717, 1.165) is 22.5 Å². The molecule has 0 unspecified atom stereocenters. The van der Waals surface area contributed by atoms with Gasteiger partial charge in [0.2, 0.25) is 0 Å². The van der Waals surface area contributed by atoms with Crippen LogP contribution in [0.15, 0.2) is 4.47 Å². The van der Waals surface area contributed by atoms with Crippen LogP contribution in [-0.2, 0) is 23.1 Å². The van der Waals surface area contributed by atoms with Crippen LogP contribution in [0, 0.1) is 6.92 Å². The van der Waals surface area contributed by atoms with Crippen LogP contribution in [0.2, 0.25) is 0 Å². The number of rotatable bonds is 6. The van der Waals surface area contributed by atoms with Gasteiger partial charge in [-0.3, -0.25) is 4.68 Å². The maximum Gasteiger partial charge on any atom is 0.0897 e. The summed E-state index contributed by atoms with van der Waals surface area (Å²) < 4.78 is 13.5. The Labute approximate surface area is 98.7 Å². The van der Waals surface area contributed by atoms with Gasteiger partial charge in [-0.05, 0) is 29.8 Å². The van der Waals surface area contributed by atoms with Crippen molar-refractivity contribution in [1.82, 2.24) is 9.78 Å². The second-order valence-corrected chi connectivity index (χ2v) is 4.01. The second-order valence-electron chi connectivity index (χ2n) is 3.22. The molecular formula is C10H17BrN2O2. The molecule has 0 bridgehead atoms. The van der Waals surface area contributed by atoms with Crippen molar-refractivity contribution in [3.63, 3.8) is 0 Å². The monoisotopic (exact) mass is 276 g/mol. The first-order valence-corrected chi connectivity index (χ1v) is 5.79. The largest absolute Gasteiger partial charge is 0.379 e. The highest BCUT2D eigenvalue weighted by atomic mass is 79.9. The van der Waals surface area contributed by atoms with E-state index in [-0.39, 0.29) is 0 Å². The van der Waals surface area contributed by atoms with E-state index < -0.39 is 0 Å². The van der Waals surface area contributed by atoms with Crippen molar-refractivity contribution in [2.45, 2.75) is 20.5 Å². The standard InChI is InChI=1S/C10H17BrN2O2/c1-4-14-5-6-15-7-9-10(11)8(2)12-13(9)3/h4-7H2,1-3H3. The first-order chi connectivity index (χ1) is 7.16. The third-order valence-electron chi connectivity index (χ3n) is 2.08. The van der Waals surface area contributed by atoms with Crippen LogP contribution in [0.3, 0.4) is 0 Å². The number of aryl methyl sites for hydroxylation is 2. The SMILES string of the molecule is CCOCCOCc1c(Br)c(C)nn1C. The molecule has 1 rings (SSSR count). The van der Waals surface area contributed by atoms with Gasteiger partial charge < -0.3 is 9.47 Å². The molecule has 86 valence electrons. The normalized spacial score (nSPS) is 10.9. The number of ether oxygens (including phenoxy) is 2. The van der Waals surface area contributed by atoms with E-state index in [1.54, 1.807) is 0 Å².